The fourth-order valence-corrected chi connectivity index (χ4v) is 5.59. The Labute approximate surface area is 166 Å². The summed E-state index contributed by atoms with van der Waals surface area (Å²) in [7, 11) is 0. The molecular weight excluding hydrogens is 352 g/mol. The number of nitrogens with one attached hydrogen (secondary N) is 1. The summed E-state index contributed by atoms with van der Waals surface area (Å²) in [6.07, 6.45) is 6.43. The van der Waals surface area contributed by atoms with Gasteiger partial charge in [-0.2, -0.15) is 0 Å². The number of benzene rings is 1. The van der Waals surface area contributed by atoms with Gasteiger partial charge in [0.2, 0.25) is 0 Å². The molecule has 1 spiro atoms. The number of likely N-dealkylation sites (tertiary alicyclic amines) is 1. The number of fused-ring (bicyclic) bond motifs is 1. The molecule has 3 saturated heterocycles. The first-order valence-electron chi connectivity index (χ1n) is 10.5. The van der Waals surface area contributed by atoms with Crippen molar-refractivity contribution in [1.29, 1.82) is 0 Å². The Balaban J connectivity index is 1.16. The number of carbonyl (C=O) groups excluding carboxylic acids is 1. The van der Waals surface area contributed by atoms with Gasteiger partial charge >= 0.3 is 0 Å². The van der Waals surface area contributed by atoms with Crippen molar-refractivity contribution in [3.63, 3.8) is 0 Å². The van der Waals surface area contributed by atoms with Crippen LogP contribution in [0.15, 0.2) is 53.1 Å². The zero-order valence-corrected chi connectivity index (χ0v) is 16.2. The fraction of sp³-hybridized carbons (Fsp3) is 0.522. The van der Waals surface area contributed by atoms with Gasteiger partial charge in [-0.3, -0.25) is 4.79 Å². The average Bonchev–Trinajstić information content (AvgIpc) is 3.48. The molecule has 3 aliphatic rings. The van der Waals surface area contributed by atoms with E-state index in [1.807, 2.05) is 0 Å². The van der Waals surface area contributed by atoms with Crippen molar-refractivity contribution in [2.24, 2.45) is 11.8 Å². The standard InChI is InChI=1S/C23H28N2O3/c26-22(21-9-5-13-27-21)24-14-18-19-15-25(16-23(19)11-10-20(18)28-23)12-4-8-17-6-2-1-3-7-17/h1-3,5-7,9,13,18-20H,4,8,10-12,14-16H2,(H,24,26)/t18-,19+,20+,23+/m0/s1. The Morgan fingerprint density at radius 1 is 1.21 bits per heavy atom. The summed E-state index contributed by atoms with van der Waals surface area (Å²) in [6, 6.07) is 14.2. The van der Waals surface area contributed by atoms with Crippen LogP contribution in [-0.2, 0) is 11.2 Å². The van der Waals surface area contributed by atoms with Crippen LogP contribution in [0.3, 0.4) is 0 Å². The Bertz CT molecular complexity index is 807. The average molecular weight is 380 g/mol. The van der Waals surface area contributed by atoms with E-state index in [-0.39, 0.29) is 11.5 Å². The second kappa shape index (κ2) is 7.37. The lowest BCUT2D eigenvalue weighted by Gasteiger charge is -2.29. The van der Waals surface area contributed by atoms with Crippen LogP contribution in [0.1, 0.15) is 35.4 Å². The molecule has 3 aliphatic heterocycles. The number of carbonyl (C=O) groups is 1. The van der Waals surface area contributed by atoms with Crippen molar-refractivity contribution in [2.45, 2.75) is 37.4 Å². The van der Waals surface area contributed by atoms with Crippen LogP contribution < -0.4 is 5.32 Å². The molecule has 5 rings (SSSR count). The zero-order valence-electron chi connectivity index (χ0n) is 16.2. The van der Waals surface area contributed by atoms with Crippen LogP contribution >= 0.6 is 0 Å². The van der Waals surface area contributed by atoms with Gasteiger partial charge in [-0.25, -0.2) is 0 Å². The second-order valence-electron chi connectivity index (χ2n) is 8.54. The largest absolute Gasteiger partial charge is 0.459 e. The van der Waals surface area contributed by atoms with Gasteiger partial charge in [0.1, 0.15) is 0 Å². The third-order valence-electron chi connectivity index (χ3n) is 6.88. The van der Waals surface area contributed by atoms with E-state index in [1.165, 1.54) is 24.7 Å². The quantitative estimate of drug-likeness (QED) is 0.802. The number of furan rings is 1. The maximum Gasteiger partial charge on any atom is 0.286 e. The van der Waals surface area contributed by atoms with Crippen LogP contribution in [0.2, 0.25) is 0 Å². The Morgan fingerprint density at radius 2 is 2.11 bits per heavy atom. The van der Waals surface area contributed by atoms with Crippen LogP contribution in [0.4, 0.5) is 0 Å². The molecule has 1 aromatic carbocycles. The molecule has 0 saturated carbocycles. The Morgan fingerprint density at radius 3 is 2.93 bits per heavy atom. The van der Waals surface area contributed by atoms with E-state index < -0.39 is 0 Å². The number of amides is 1. The summed E-state index contributed by atoms with van der Waals surface area (Å²) in [4.78, 5) is 14.8. The fourth-order valence-electron chi connectivity index (χ4n) is 5.59. The van der Waals surface area contributed by atoms with Gasteiger partial charge in [0.05, 0.1) is 18.0 Å². The smallest absolute Gasteiger partial charge is 0.286 e. The molecule has 0 aliphatic carbocycles. The van der Waals surface area contributed by atoms with E-state index in [9.17, 15) is 4.79 Å². The van der Waals surface area contributed by atoms with Crippen LogP contribution in [0.5, 0.6) is 0 Å². The molecule has 148 valence electrons. The molecule has 3 fully saturated rings. The summed E-state index contributed by atoms with van der Waals surface area (Å²) in [5.74, 6) is 1.19. The number of hydrogen-bond donors (Lipinski definition) is 1. The highest BCUT2D eigenvalue weighted by molar-refractivity contribution is 5.91. The Hall–Kier alpha value is -2.11. The van der Waals surface area contributed by atoms with Crippen molar-refractivity contribution < 1.29 is 13.9 Å². The van der Waals surface area contributed by atoms with Gasteiger partial charge in [0.15, 0.2) is 5.76 Å². The molecule has 2 bridgehead atoms. The minimum absolute atomic E-state index is 0.0253. The van der Waals surface area contributed by atoms with Crippen LogP contribution in [-0.4, -0.2) is 48.7 Å². The molecule has 5 heteroatoms. The SMILES string of the molecule is O=C(NC[C@H]1[C@H]2CN(CCCc3ccccc3)C[C@]23CC[C@H]1O3)c1ccco1. The van der Waals surface area contributed by atoms with Gasteiger partial charge in [-0.15, -0.1) is 0 Å². The number of ether oxygens (including phenoxy) is 1. The minimum atomic E-state index is -0.125. The van der Waals surface area contributed by atoms with Gasteiger partial charge in [-0.05, 0) is 49.9 Å². The monoisotopic (exact) mass is 380 g/mol. The summed E-state index contributed by atoms with van der Waals surface area (Å²) in [5, 5.41) is 3.07. The first-order valence-corrected chi connectivity index (χ1v) is 10.5. The lowest BCUT2D eigenvalue weighted by atomic mass is 9.73. The maximum absolute atomic E-state index is 12.2. The van der Waals surface area contributed by atoms with Gasteiger partial charge < -0.3 is 19.4 Å². The lowest BCUT2D eigenvalue weighted by molar-refractivity contribution is 0.00270. The van der Waals surface area contributed by atoms with Crippen LogP contribution in [0, 0.1) is 11.8 Å². The third kappa shape index (κ3) is 3.27. The van der Waals surface area contributed by atoms with Gasteiger partial charge in [-0.1, -0.05) is 30.3 Å². The maximum atomic E-state index is 12.2. The van der Waals surface area contributed by atoms with Crippen molar-refractivity contribution in [3.8, 4) is 0 Å². The second-order valence-corrected chi connectivity index (χ2v) is 8.54. The number of hydrogen-bond acceptors (Lipinski definition) is 4. The first kappa shape index (κ1) is 18.0. The molecule has 5 nitrogen and oxygen atoms in total. The first-order chi connectivity index (χ1) is 13.7. The molecule has 4 heterocycles. The van der Waals surface area contributed by atoms with E-state index in [1.54, 1.807) is 12.1 Å². The van der Waals surface area contributed by atoms with E-state index >= 15 is 0 Å². The predicted molar refractivity (Wildman–Crippen MR) is 106 cm³/mol. The third-order valence-corrected chi connectivity index (χ3v) is 6.88. The summed E-state index contributed by atoms with van der Waals surface area (Å²) < 4.78 is 11.7. The zero-order chi connectivity index (χ0) is 19.0. The molecule has 0 unspecified atom stereocenters. The van der Waals surface area contributed by atoms with E-state index in [0.717, 1.165) is 32.5 Å². The summed E-state index contributed by atoms with van der Waals surface area (Å²) in [6.45, 7) is 3.93. The normalized spacial score (nSPS) is 31.2. The predicted octanol–water partition coefficient (Wildman–Crippen LogP) is 3.12. The number of aryl methyl sites for hydroxylation is 1. The van der Waals surface area contributed by atoms with Gasteiger partial charge in [0.25, 0.3) is 5.91 Å². The highest BCUT2D eigenvalue weighted by atomic mass is 16.5. The molecular formula is C23H28N2O3. The van der Waals surface area contributed by atoms with Crippen molar-refractivity contribution in [3.05, 3.63) is 60.1 Å². The van der Waals surface area contributed by atoms with E-state index in [4.69, 9.17) is 9.15 Å². The molecule has 1 N–H and O–H groups in total. The van der Waals surface area contributed by atoms with E-state index in [0.29, 0.717) is 30.2 Å². The van der Waals surface area contributed by atoms with Crippen molar-refractivity contribution >= 4 is 5.91 Å². The van der Waals surface area contributed by atoms with E-state index in [2.05, 4.69) is 40.5 Å². The highest BCUT2D eigenvalue weighted by Gasteiger charge is 2.62. The molecule has 1 aromatic heterocycles. The Kier molecular flexibility index (Phi) is 4.73. The molecule has 1 amide bonds. The van der Waals surface area contributed by atoms with Gasteiger partial charge in [0, 0.05) is 31.5 Å². The lowest BCUT2D eigenvalue weighted by Crippen LogP contribution is -2.41. The summed E-state index contributed by atoms with van der Waals surface area (Å²) in [5.41, 5.74) is 1.44. The minimum Gasteiger partial charge on any atom is -0.459 e. The number of rotatable bonds is 7. The molecule has 0 radical (unpaired) electrons. The van der Waals surface area contributed by atoms with Crippen LogP contribution in [0.25, 0.3) is 0 Å². The highest BCUT2D eigenvalue weighted by Crippen LogP contribution is 2.54. The molecule has 28 heavy (non-hydrogen) atoms. The topological polar surface area (TPSA) is 54.7 Å². The van der Waals surface area contributed by atoms with Crippen molar-refractivity contribution in [1.82, 2.24) is 10.2 Å². The molecule has 2 aromatic rings. The summed E-state index contributed by atoms with van der Waals surface area (Å²) >= 11 is 0. The van der Waals surface area contributed by atoms with Crippen molar-refractivity contribution in [2.75, 3.05) is 26.2 Å². The number of nitrogens with zero attached hydrogens (tertiary/aromatic N) is 1. The molecule has 4 atom stereocenters.